The van der Waals surface area contributed by atoms with E-state index in [1.807, 2.05) is 54.2 Å². The number of hydrogen-bond acceptors (Lipinski definition) is 6. The van der Waals surface area contributed by atoms with Gasteiger partial charge in [-0.2, -0.15) is 0 Å². The second-order valence-corrected chi connectivity index (χ2v) is 12.1. The zero-order chi connectivity index (χ0) is 29.6. The van der Waals surface area contributed by atoms with Gasteiger partial charge in [-0.1, -0.05) is 29.8 Å². The molecule has 8 nitrogen and oxygen atoms in total. The fourth-order valence-corrected chi connectivity index (χ4v) is 6.79. The minimum Gasteiger partial charge on any atom is -0.375 e. The van der Waals surface area contributed by atoms with Crippen molar-refractivity contribution in [2.75, 3.05) is 48.4 Å². The topological polar surface area (TPSA) is 81.7 Å². The molecule has 0 radical (unpaired) electrons. The van der Waals surface area contributed by atoms with Crippen molar-refractivity contribution in [2.45, 2.75) is 43.6 Å². The molecule has 4 heterocycles. The van der Waals surface area contributed by atoms with Gasteiger partial charge >= 0.3 is 0 Å². The minimum absolute atomic E-state index is 0.130. The zero-order valence-corrected chi connectivity index (χ0v) is 24.3. The molecule has 2 aromatic heterocycles. The number of amides is 2. The summed E-state index contributed by atoms with van der Waals surface area (Å²) in [5, 5.41) is 3.03. The smallest absolute Gasteiger partial charge is 0.281 e. The van der Waals surface area contributed by atoms with Crippen LogP contribution in [0.15, 0.2) is 54.9 Å². The Bertz CT molecular complexity index is 1500. The number of nitrogens with one attached hydrogen (secondary N) is 1. The van der Waals surface area contributed by atoms with Crippen molar-refractivity contribution in [1.82, 2.24) is 15.3 Å². The number of halogens is 3. The summed E-state index contributed by atoms with van der Waals surface area (Å²) in [4.78, 5) is 41.3. The van der Waals surface area contributed by atoms with E-state index in [1.165, 1.54) is 6.07 Å². The van der Waals surface area contributed by atoms with E-state index in [4.69, 9.17) is 11.6 Å². The summed E-state index contributed by atoms with van der Waals surface area (Å²) >= 11 is 5.92. The van der Waals surface area contributed by atoms with Gasteiger partial charge in [-0.3, -0.25) is 14.6 Å². The number of anilines is 3. The molecule has 3 aliphatic rings. The van der Waals surface area contributed by atoms with Crippen LogP contribution in [0, 0.1) is 5.92 Å². The molecule has 2 amide bonds. The summed E-state index contributed by atoms with van der Waals surface area (Å²) in [7, 11) is 3.98. The molecule has 42 heavy (non-hydrogen) atoms. The number of nitrogens with zero attached hydrogens (tertiary/aromatic N) is 5. The summed E-state index contributed by atoms with van der Waals surface area (Å²) in [6.07, 6.45) is 3.05. The van der Waals surface area contributed by atoms with Gasteiger partial charge in [0.1, 0.15) is 11.1 Å². The molecule has 0 atom stereocenters. The van der Waals surface area contributed by atoms with Gasteiger partial charge in [-0.25, -0.2) is 13.8 Å². The van der Waals surface area contributed by atoms with Crippen molar-refractivity contribution >= 4 is 40.6 Å². The third kappa shape index (κ3) is 4.95. The number of carbonyl (C=O) groups excluding carboxylic acids is 2. The van der Waals surface area contributed by atoms with Gasteiger partial charge in [0.2, 0.25) is 5.91 Å². The van der Waals surface area contributed by atoms with Crippen LogP contribution < -0.4 is 20.0 Å². The number of carbonyl (C=O) groups is 2. The fourth-order valence-electron chi connectivity index (χ4n) is 6.64. The second-order valence-electron chi connectivity index (χ2n) is 11.7. The van der Waals surface area contributed by atoms with Gasteiger partial charge in [-0.15, -0.1) is 0 Å². The maximum absolute atomic E-state index is 14.1. The lowest BCUT2D eigenvalue weighted by molar-refractivity contribution is -0.124. The van der Waals surface area contributed by atoms with Crippen molar-refractivity contribution in [1.29, 1.82) is 0 Å². The van der Waals surface area contributed by atoms with Crippen LogP contribution in [-0.4, -0.2) is 61.6 Å². The van der Waals surface area contributed by atoms with Crippen molar-refractivity contribution < 1.29 is 18.4 Å². The van der Waals surface area contributed by atoms with Crippen LogP contribution in [0.1, 0.15) is 53.7 Å². The number of benzene rings is 1. The van der Waals surface area contributed by atoms with Crippen LogP contribution in [-0.2, 0) is 10.2 Å². The monoisotopic (exact) mass is 594 g/mol. The van der Waals surface area contributed by atoms with Crippen LogP contribution in [0.2, 0.25) is 5.02 Å². The summed E-state index contributed by atoms with van der Waals surface area (Å²) in [6, 6.07) is 13.1. The van der Waals surface area contributed by atoms with Crippen LogP contribution in [0.5, 0.6) is 0 Å². The first-order valence-corrected chi connectivity index (χ1v) is 14.6. The quantitative estimate of drug-likeness (QED) is 0.404. The van der Waals surface area contributed by atoms with E-state index < -0.39 is 23.4 Å². The highest BCUT2D eigenvalue weighted by Gasteiger charge is 2.58. The third-order valence-corrected chi connectivity index (χ3v) is 9.00. The normalized spacial score (nSPS) is 21.0. The Kier molecular flexibility index (Phi) is 7.51. The highest BCUT2D eigenvalue weighted by atomic mass is 35.5. The van der Waals surface area contributed by atoms with Gasteiger partial charge in [0.15, 0.2) is 5.82 Å². The fraction of sp³-hybridized carbons (Fsp3) is 0.419. The third-order valence-electron chi connectivity index (χ3n) is 8.79. The largest absolute Gasteiger partial charge is 0.375 e. The van der Waals surface area contributed by atoms with Gasteiger partial charge in [-0.05, 0) is 61.4 Å². The van der Waals surface area contributed by atoms with Crippen molar-refractivity contribution in [3.63, 3.8) is 0 Å². The summed E-state index contributed by atoms with van der Waals surface area (Å²) < 4.78 is 26.8. The molecule has 220 valence electrons. The molecule has 1 N–H and O–H groups in total. The number of para-hydroxylation sites is 1. The average molecular weight is 595 g/mol. The zero-order valence-electron chi connectivity index (χ0n) is 23.6. The maximum atomic E-state index is 14.1. The van der Waals surface area contributed by atoms with E-state index in [2.05, 4.69) is 26.3 Å². The molecule has 2 aliphatic heterocycles. The van der Waals surface area contributed by atoms with E-state index in [0.717, 1.165) is 41.8 Å². The molecule has 1 aliphatic carbocycles. The van der Waals surface area contributed by atoms with E-state index >= 15 is 0 Å². The lowest BCUT2D eigenvalue weighted by atomic mass is 9.74. The van der Waals surface area contributed by atoms with E-state index in [0.29, 0.717) is 32.5 Å². The number of aromatic nitrogens is 2. The Morgan fingerprint density at radius 3 is 2.57 bits per heavy atom. The number of rotatable bonds is 7. The number of fused-ring (bicyclic) bond motifs is 2. The summed E-state index contributed by atoms with van der Waals surface area (Å²) in [5.41, 5.74) is 1.71. The highest BCUT2D eigenvalue weighted by molar-refractivity contribution is 6.30. The Hall–Kier alpha value is -3.79. The van der Waals surface area contributed by atoms with Crippen molar-refractivity contribution in [2.24, 2.45) is 5.92 Å². The van der Waals surface area contributed by atoms with Gasteiger partial charge < -0.3 is 20.0 Å². The SMILES string of the molecule is CN(C)c1cccnc1N1CC2(C1)C(=O)N(C[C@H]1CC[C@H](NC(=O)c3cc(Cl)cnc3C(F)F)CC1)c1ccccc12. The predicted octanol–water partition coefficient (Wildman–Crippen LogP) is 5.23. The van der Waals surface area contributed by atoms with Crippen molar-refractivity contribution in [3.05, 3.63) is 76.7 Å². The van der Waals surface area contributed by atoms with Crippen LogP contribution in [0.4, 0.5) is 26.0 Å². The number of alkyl halides is 2. The molecule has 3 aromatic rings. The number of hydrogen-bond donors (Lipinski definition) is 1. The van der Waals surface area contributed by atoms with E-state index in [9.17, 15) is 18.4 Å². The van der Waals surface area contributed by atoms with Gasteiger partial charge in [0.05, 0.1) is 16.3 Å². The Morgan fingerprint density at radius 2 is 1.86 bits per heavy atom. The molecule has 1 spiro atoms. The van der Waals surface area contributed by atoms with Gasteiger partial charge in [0.25, 0.3) is 12.3 Å². The standard InChI is InChI=1S/C31H33ClF2N6O2/c1-38(2)25-8-5-13-35-28(25)39-17-31(18-39)23-6-3-4-7-24(23)40(30(31)42)16-19-9-11-21(12-10-19)37-29(41)22-14-20(32)15-36-26(22)27(33)34/h3-8,13-15,19,21,27H,9-12,16-18H2,1-2H3,(H,37,41)/t19-,21-. The van der Waals surface area contributed by atoms with Crippen LogP contribution in [0.3, 0.4) is 0 Å². The Balaban J connectivity index is 1.11. The summed E-state index contributed by atoms with van der Waals surface area (Å²) in [6.45, 7) is 1.77. The van der Waals surface area contributed by atoms with E-state index in [1.54, 1.807) is 6.20 Å². The van der Waals surface area contributed by atoms with Gasteiger partial charge in [0, 0.05) is 57.9 Å². The highest BCUT2D eigenvalue weighted by Crippen LogP contribution is 2.49. The molecule has 0 unspecified atom stereocenters. The maximum Gasteiger partial charge on any atom is 0.281 e. The Labute approximate surface area is 248 Å². The molecule has 2 fully saturated rings. The first-order valence-electron chi connectivity index (χ1n) is 14.2. The molecule has 0 bridgehead atoms. The molecule has 1 saturated heterocycles. The Morgan fingerprint density at radius 1 is 1.12 bits per heavy atom. The van der Waals surface area contributed by atoms with Crippen LogP contribution >= 0.6 is 11.6 Å². The van der Waals surface area contributed by atoms with E-state index in [-0.39, 0.29) is 28.5 Å². The lowest BCUT2D eigenvalue weighted by Gasteiger charge is -2.48. The molecular weight excluding hydrogens is 562 g/mol. The second kappa shape index (κ2) is 11.1. The first kappa shape index (κ1) is 28.3. The minimum atomic E-state index is -2.87. The van der Waals surface area contributed by atoms with Crippen LogP contribution in [0.25, 0.3) is 0 Å². The van der Waals surface area contributed by atoms with Crippen molar-refractivity contribution in [3.8, 4) is 0 Å². The predicted molar refractivity (Wildman–Crippen MR) is 159 cm³/mol. The first-order chi connectivity index (χ1) is 20.2. The lowest BCUT2D eigenvalue weighted by Crippen LogP contribution is -2.64. The average Bonchev–Trinajstić information content (AvgIpc) is 3.20. The summed E-state index contributed by atoms with van der Waals surface area (Å²) in [5.74, 6) is 0.688. The molecule has 6 rings (SSSR count). The molecule has 1 saturated carbocycles. The molecular formula is C31H33ClF2N6O2. The molecule has 11 heteroatoms. The molecule has 1 aromatic carbocycles. The number of pyridine rings is 2.